The maximum Gasteiger partial charge on any atom is 0.321 e. The molecule has 4 rings (SSSR count). The Balaban J connectivity index is 1.30. The fourth-order valence-corrected chi connectivity index (χ4v) is 4.83. The van der Waals surface area contributed by atoms with Gasteiger partial charge in [-0.15, -0.1) is 0 Å². The van der Waals surface area contributed by atoms with Gasteiger partial charge in [0, 0.05) is 45.0 Å². The molecule has 2 aliphatic heterocycles. The first-order valence-corrected chi connectivity index (χ1v) is 11.4. The van der Waals surface area contributed by atoms with Crippen LogP contribution in [0.1, 0.15) is 24.8 Å². The number of carbonyl (C=O) groups is 1. The van der Waals surface area contributed by atoms with Crippen molar-refractivity contribution in [1.29, 1.82) is 0 Å². The normalized spacial score (nSPS) is 22.3. The van der Waals surface area contributed by atoms with E-state index in [0.29, 0.717) is 0 Å². The highest BCUT2D eigenvalue weighted by molar-refractivity contribution is 5.89. The van der Waals surface area contributed by atoms with E-state index >= 15 is 0 Å². The van der Waals surface area contributed by atoms with Crippen LogP contribution in [0.5, 0.6) is 0 Å². The molecule has 0 aromatic heterocycles. The minimum atomic E-state index is -0.174. The maximum atomic E-state index is 13.2. The molecule has 2 saturated heterocycles. The molecule has 0 bridgehead atoms. The summed E-state index contributed by atoms with van der Waals surface area (Å²) in [6.07, 6.45) is 4.49. The number of carbonyl (C=O) groups excluding carboxylic acids is 1. The molecule has 2 fully saturated rings. The van der Waals surface area contributed by atoms with Crippen molar-refractivity contribution in [2.24, 2.45) is 5.41 Å². The average Bonchev–Trinajstić information content (AvgIpc) is 2.80. The molecule has 2 heterocycles. The predicted molar refractivity (Wildman–Crippen MR) is 123 cm³/mol. The molecule has 2 aliphatic rings. The molecule has 2 amide bonds. The molecule has 0 saturated carbocycles. The van der Waals surface area contributed by atoms with Gasteiger partial charge in [-0.3, -0.25) is 4.90 Å². The number of anilines is 1. The third kappa shape index (κ3) is 6.05. The van der Waals surface area contributed by atoms with Crippen molar-refractivity contribution in [1.82, 2.24) is 15.1 Å². The zero-order valence-corrected chi connectivity index (χ0v) is 18.2. The summed E-state index contributed by atoms with van der Waals surface area (Å²) in [5, 5.41) is 6.59. The van der Waals surface area contributed by atoms with Crippen molar-refractivity contribution in [3.8, 4) is 0 Å². The molecule has 1 atom stereocenters. The summed E-state index contributed by atoms with van der Waals surface area (Å²) in [6.45, 7) is 6.48. The van der Waals surface area contributed by atoms with Gasteiger partial charge in [0.2, 0.25) is 0 Å². The molecule has 2 N–H and O–H groups in total. The molecule has 6 heteroatoms. The zero-order valence-electron chi connectivity index (χ0n) is 18.2. The van der Waals surface area contributed by atoms with Crippen LogP contribution in [0.3, 0.4) is 0 Å². The number of benzene rings is 2. The Morgan fingerprint density at radius 2 is 1.77 bits per heavy atom. The van der Waals surface area contributed by atoms with Crippen LogP contribution in [-0.4, -0.2) is 61.6 Å². The van der Waals surface area contributed by atoms with Crippen LogP contribution < -0.4 is 10.6 Å². The molecule has 0 radical (unpaired) electrons. The molecule has 2 aromatic carbocycles. The second-order valence-electron chi connectivity index (χ2n) is 8.97. The lowest BCUT2D eigenvalue weighted by atomic mass is 9.75. The van der Waals surface area contributed by atoms with Crippen LogP contribution in [0.4, 0.5) is 14.9 Å². The van der Waals surface area contributed by atoms with E-state index in [4.69, 9.17) is 0 Å². The fraction of sp³-hybridized carbons (Fsp3) is 0.480. The van der Waals surface area contributed by atoms with Gasteiger partial charge in [-0.25, -0.2) is 9.18 Å². The Bertz CT molecular complexity index is 828. The Morgan fingerprint density at radius 3 is 2.45 bits per heavy atom. The number of halogens is 1. The maximum absolute atomic E-state index is 13.2. The lowest BCUT2D eigenvalue weighted by molar-refractivity contribution is 0.0753. The minimum absolute atomic E-state index is 0.0174. The molecule has 166 valence electrons. The summed E-state index contributed by atoms with van der Waals surface area (Å²) < 4.78 is 13.2. The highest BCUT2D eigenvalue weighted by Crippen LogP contribution is 2.33. The average molecular weight is 425 g/mol. The fourth-order valence-electron chi connectivity index (χ4n) is 4.83. The van der Waals surface area contributed by atoms with Gasteiger partial charge in [0.15, 0.2) is 0 Å². The first-order chi connectivity index (χ1) is 15.1. The Hall–Kier alpha value is -2.44. The molecule has 31 heavy (non-hydrogen) atoms. The monoisotopic (exact) mass is 424 g/mol. The van der Waals surface area contributed by atoms with Crippen LogP contribution >= 0.6 is 0 Å². The van der Waals surface area contributed by atoms with Gasteiger partial charge in [0.1, 0.15) is 5.82 Å². The molecule has 0 spiro atoms. The number of nitrogens with zero attached hydrogens (tertiary/aromatic N) is 2. The van der Waals surface area contributed by atoms with Crippen LogP contribution in [0.25, 0.3) is 0 Å². The van der Waals surface area contributed by atoms with Crippen molar-refractivity contribution in [3.63, 3.8) is 0 Å². The van der Waals surface area contributed by atoms with Crippen molar-refractivity contribution in [2.45, 2.75) is 25.7 Å². The quantitative estimate of drug-likeness (QED) is 0.738. The smallest absolute Gasteiger partial charge is 0.321 e. The number of piperidine rings is 1. The summed E-state index contributed by atoms with van der Waals surface area (Å²) in [5.41, 5.74) is 2.28. The van der Waals surface area contributed by atoms with Crippen LogP contribution in [0.2, 0.25) is 0 Å². The molecule has 2 aromatic rings. The Labute approximate surface area is 184 Å². The van der Waals surface area contributed by atoms with Crippen LogP contribution in [0, 0.1) is 11.2 Å². The number of piperazine rings is 1. The molecule has 0 aliphatic carbocycles. The molecular weight excluding hydrogens is 391 g/mol. The van der Waals surface area contributed by atoms with Crippen molar-refractivity contribution in [2.75, 3.05) is 51.1 Å². The predicted octanol–water partition coefficient (Wildman–Crippen LogP) is 3.98. The van der Waals surface area contributed by atoms with Crippen LogP contribution in [-0.2, 0) is 6.42 Å². The lowest BCUT2D eigenvalue weighted by Crippen LogP contribution is -2.54. The third-order valence-electron chi connectivity index (χ3n) is 6.66. The number of para-hydroxylation sites is 1. The number of aryl methyl sites for hydroxylation is 1. The molecule has 0 unspecified atom stereocenters. The number of rotatable bonds is 6. The van der Waals surface area contributed by atoms with E-state index < -0.39 is 0 Å². The topological polar surface area (TPSA) is 47.6 Å². The van der Waals surface area contributed by atoms with E-state index in [1.165, 1.54) is 18.4 Å². The number of amides is 2. The number of urea groups is 1. The SMILES string of the molecule is O=C(Nc1ccccc1)N1CCN(C[C@]2(CCc3ccc(F)cc3)CCCNC2)CC1. The zero-order chi connectivity index (χ0) is 21.5. The van der Waals surface area contributed by atoms with E-state index in [-0.39, 0.29) is 17.3 Å². The summed E-state index contributed by atoms with van der Waals surface area (Å²) in [6, 6.07) is 16.5. The highest BCUT2D eigenvalue weighted by atomic mass is 19.1. The summed E-state index contributed by atoms with van der Waals surface area (Å²) in [4.78, 5) is 17.0. The van der Waals surface area contributed by atoms with Gasteiger partial charge >= 0.3 is 6.03 Å². The minimum Gasteiger partial charge on any atom is -0.322 e. The van der Waals surface area contributed by atoms with Gasteiger partial charge in [0.05, 0.1) is 0 Å². The van der Waals surface area contributed by atoms with Crippen molar-refractivity contribution < 1.29 is 9.18 Å². The Kier molecular flexibility index (Phi) is 7.20. The van der Waals surface area contributed by atoms with E-state index in [0.717, 1.165) is 64.3 Å². The molecular formula is C25H33FN4O. The second-order valence-corrected chi connectivity index (χ2v) is 8.97. The standard InChI is InChI=1S/C25H33FN4O/c26-22-9-7-21(8-10-22)11-13-25(12-4-14-27-19-25)20-29-15-17-30(18-16-29)24(31)28-23-5-2-1-3-6-23/h1-3,5-10,27H,4,11-20H2,(H,28,31)/t25-/m0/s1. The molecule has 5 nitrogen and oxygen atoms in total. The van der Waals surface area contributed by atoms with Crippen LogP contribution in [0.15, 0.2) is 54.6 Å². The van der Waals surface area contributed by atoms with Gasteiger partial charge in [-0.1, -0.05) is 30.3 Å². The van der Waals surface area contributed by atoms with Gasteiger partial charge in [-0.2, -0.15) is 0 Å². The third-order valence-corrected chi connectivity index (χ3v) is 6.66. The van der Waals surface area contributed by atoms with E-state index in [1.807, 2.05) is 47.4 Å². The van der Waals surface area contributed by atoms with Gasteiger partial charge in [-0.05, 0) is 67.5 Å². The van der Waals surface area contributed by atoms with E-state index in [1.54, 1.807) is 12.1 Å². The van der Waals surface area contributed by atoms with Crippen molar-refractivity contribution in [3.05, 3.63) is 66.0 Å². The first-order valence-electron chi connectivity index (χ1n) is 11.4. The van der Waals surface area contributed by atoms with Gasteiger partial charge in [0.25, 0.3) is 0 Å². The van der Waals surface area contributed by atoms with E-state index in [9.17, 15) is 9.18 Å². The highest BCUT2D eigenvalue weighted by Gasteiger charge is 2.35. The second kappa shape index (κ2) is 10.2. The van der Waals surface area contributed by atoms with Gasteiger partial charge < -0.3 is 15.5 Å². The number of nitrogens with one attached hydrogen (secondary N) is 2. The number of hydrogen-bond donors (Lipinski definition) is 2. The van der Waals surface area contributed by atoms with E-state index in [2.05, 4.69) is 15.5 Å². The summed E-state index contributed by atoms with van der Waals surface area (Å²) in [7, 11) is 0. The summed E-state index contributed by atoms with van der Waals surface area (Å²) in [5.74, 6) is -0.174. The largest absolute Gasteiger partial charge is 0.322 e. The summed E-state index contributed by atoms with van der Waals surface area (Å²) >= 11 is 0. The number of hydrogen-bond acceptors (Lipinski definition) is 3. The first kappa shape index (κ1) is 21.8. The Morgan fingerprint density at radius 1 is 1.03 bits per heavy atom. The van der Waals surface area contributed by atoms with Crippen molar-refractivity contribution >= 4 is 11.7 Å². The lowest BCUT2D eigenvalue weighted by Gasteiger charge is -2.44.